The maximum absolute atomic E-state index is 11.5. The van der Waals surface area contributed by atoms with Gasteiger partial charge < -0.3 is 0 Å². The molecule has 0 aliphatic heterocycles. The van der Waals surface area contributed by atoms with E-state index in [1.54, 1.807) is 38.4 Å². The lowest BCUT2D eigenvalue weighted by Crippen LogP contribution is -2.36. The number of nitrogens with one attached hydrogen (secondary N) is 1. The second-order valence-electron chi connectivity index (χ2n) is 3.04. The fourth-order valence-corrected chi connectivity index (χ4v) is 1.07. The summed E-state index contributed by atoms with van der Waals surface area (Å²) in [5.74, 6) is -0.280. The number of rotatable bonds is 3. The molecule has 0 aliphatic carbocycles. The van der Waals surface area contributed by atoms with Crippen molar-refractivity contribution in [3.63, 3.8) is 0 Å². The van der Waals surface area contributed by atoms with Crippen LogP contribution in [-0.2, 0) is 0 Å². The fraction of sp³-hybridized carbons (Fsp3) is 0.200. The van der Waals surface area contributed by atoms with Crippen molar-refractivity contribution >= 4 is 12.2 Å². The molecule has 1 rings (SSSR count). The molecule has 74 valence electrons. The molecule has 0 heterocycles. The van der Waals surface area contributed by atoms with Crippen LogP contribution < -0.4 is 5.43 Å². The first-order valence-electron chi connectivity index (χ1n) is 4.17. The number of benzene rings is 1. The Labute approximate surface area is 82.5 Å². The van der Waals surface area contributed by atoms with Gasteiger partial charge in [-0.3, -0.25) is 15.0 Å². The summed E-state index contributed by atoms with van der Waals surface area (Å²) in [7, 11) is 3.42. The van der Waals surface area contributed by atoms with E-state index in [0.717, 1.165) is 0 Å². The van der Waals surface area contributed by atoms with E-state index in [9.17, 15) is 9.59 Å². The summed E-state index contributed by atoms with van der Waals surface area (Å²) in [6.45, 7) is 0. The minimum Gasteiger partial charge on any atom is -0.298 e. The first-order valence-corrected chi connectivity index (χ1v) is 4.17. The van der Waals surface area contributed by atoms with E-state index >= 15 is 0 Å². The van der Waals surface area contributed by atoms with Crippen LogP contribution in [0.15, 0.2) is 24.3 Å². The zero-order valence-corrected chi connectivity index (χ0v) is 8.15. The van der Waals surface area contributed by atoms with Gasteiger partial charge >= 0.3 is 0 Å². The van der Waals surface area contributed by atoms with E-state index in [-0.39, 0.29) is 5.91 Å². The van der Waals surface area contributed by atoms with Crippen molar-refractivity contribution < 1.29 is 9.59 Å². The Morgan fingerprint density at radius 1 is 1.36 bits per heavy atom. The first kappa shape index (κ1) is 10.4. The third kappa shape index (κ3) is 2.40. The van der Waals surface area contributed by atoms with Gasteiger partial charge in [0.15, 0.2) is 6.29 Å². The summed E-state index contributed by atoms with van der Waals surface area (Å²) in [5, 5.41) is 1.53. The van der Waals surface area contributed by atoms with Crippen LogP contribution in [-0.4, -0.2) is 31.3 Å². The van der Waals surface area contributed by atoms with Gasteiger partial charge in [-0.25, -0.2) is 5.01 Å². The largest absolute Gasteiger partial charge is 0.298 e. The van der Waals surface area contributed by atoms with Crippen molar-refractivity contribution in [3.8, 4) is 0 Å². The Morgan fingerprint density at radius 2 is 2.00 bits per heavy atom. The van der Waals surface area contributed by atoms with E-state index in [1.165, 1.54) is 5.01 Å². The van der Waals surface area contributed by atoms with Crippen molar-refractivity contribution in [2.45, 2.75) is 0 Å². The number of aldehydes is 1. The molecule has 0 aromatic heterocycles. The Bertz CT molecular complexity index is 348. The normalized spacial score (nSPS) is 9.93. The molecule has 4 heteroatoms. The summed E-state index contributed by atoms with van der Waals surface area (Å²) in [5.41, 5.74) is 3.35. The molecular weight excluding hydrogens is 180 g/mol. The maximum atomic E-state index is 11.5. The molecule has 14 heavy (non-hydrogen) atoms. The minimum atomic E-state index is -0.280. The first-order chi connectivity index (χ1) is 6.65. The van der Waals surface area contributed by atoms with Gasteiger partial charge in [0, 0.05) is 19.7 Å². The highest BCUT2D eigenvalue weighted by atomic mass is 16.2. The van der Waals surface area contributed by atoms with Gasteiger partial charge in [0.2, 0.25) is 0 Å². The predicted octanol–water partition coefficient (Wildman–Crippen LogP) is 0.705. The van der Waals surface area contributed by atoms with Crippen molar-refractivity contribution in [2.75, 3.05) is 14.1 Å². The third-order valence-corrected chi connectivity index (χ3v) is 1.66. The molecule has 0 saturated heterocycles. The summed E-state index contributed by atoms with van der Waals surface area (Å²) in [6, 6.07) is 6.66. The number of hydrogen-bond acceptors (Lipinski definition) is 3. The molecule has 0 saturated carbocycles. The van der Waals surface area contributed by atoms with E-state index in [4.69, 9.17) is 0 Å². The quantitative estimate of drug-likeness (QED) is 0.566. The molecule has 0 radical (unpaired) electrons. The van der Waals surface area contributed by atoms with Crippen molar-refractivity contribution in [2.24, 2.45) is 0 Å². The molecule has 1 N–H and O–H groups in total. The van der Waals surface area contributed by atoms with Crippen LogP contribution in [0.5, 0.6) is 0 Å². The molecule has 0 bridgehead atoms. The molecule has 0 unspecified atom stereocenters. The molecule has 0 atom stereocenters. The van der Waals surface area contributed by atoms with Crippen LogP contribution in [0, 0.1) is 0 Å². The summed E-state index contributed by atoms with van der Waals surface area (Å²) in [4.78, 5) is 22.1. The molecule has 1 aromatic carbocycles. The topological polar surface area (TPSA) is 49.4 Å². The highest BCUT2D eigenvalue weighted by molar-refractivity contribution is 6.01. The van der Waals surface area contributed by atoms with Crippen LogP contribution in [0.2, 0.25) is 0 Å². The zero-order chi connectivity index (χ0) is 10.6. The van der Waals surface area contributed by atoms with Gasteiger partial charge in [-0.05, 0) is 6.07 Å². The molecule has 0 aliphatic rings. The van der Waals surface area contributed by atoms with Crippen LogP contribution in [0.3, 0.4) is 0 Å². The third-order valence-electron chi connectivity index (χ3n) is 1.66. The van der Waals surface area contributed by atoms with Gasteiger partial charge in [0.25, 0.3) is 5.91 Å². The van der Waals surface area contributed by atoms with Crippen molar-refractivity contribution in [1.82, 2.24) is 10.4 Å². The van der Waals surface area contributed by atoms with Gasteiger partial charge in [-0.15, -0.1) is 0 Å². The van der Waals surface area contributed by atoms with Gasteiger partial charge in [-0.2, -0.15) is 0 Å². The Balaban J connectivity index is 2.94. The summed E-state index contributed by atoms with van der Waals surface area (Å²) in [6.07, 6.45) is 0.671. The Morgan fingerprint density at radius 3 is 2.57 bits per heavy atom. The van der Waals surface area contributed by atoms with Crippen LogP contribution in [0.4, 0.5) is 0 Å². The second-order valence-corrected chi connectivity index (χ2v) is 3.04. The number of amides is 1. The molecule has 1 amide bonds. The SMILES string of the molecule is CN(C)NC(=O)c1ccccc1C=O. The molecule has 0 fully saturated rings. The number of hydrogen-bond donors (Lipinski definition) is 1. The Kier molecular flexibility index (Phi) is 3.36. The minimum absolute atomic E-state index is 0.280. The van der Waals surface area contributed by atoms with Crippen LogP contribution in [0.25, 0.3) is 0 Å². The van der Waals surface area contributed by atoms with Gasteiger partial charge in [0.05, 0.1) is 5.56 Å². The molecular formula is C10H12N2O2. The number of nitrogens with zero attached hydrogens (tertiary/aromatic N) is 1. The average molecular weight is 192 g/mol. The van der Waals surface area contributed by atoms with Crippen molar-refractivity contribution in [1.29, 1.82) is 0 Å². The monoisotopic (exact) mass is 192 g/mol. The average Bonchev–Trinajstić information content (AvgIpc) is 2.16. The van der Waals surface area contributed by atoms with Gasteiger partial charge in [-0.1, -0.05) is 18.2 Å². The number of hydrazine groups is 1. The molecule has 1 aromatic rings. The van der Waals surface area contributed by atoms with E-state index in [1.807, 2.05) is 0 Å². The Hall–Kier alpha value is -1.68. The van der Waals surface area contributed by atoms with Crippen LogP contribution in [0.1, 0.15) is 20.7 Å². The summed E-state index contributed by atoms with van der Waals surface area (Å²) >= 11 is 0. The maximum Gasteiger partial charge on any atom is 0.266 e. The molecule has 0 spiro atoms. The van der Waals surface area contributed by atoms with E-state index in [0.29, 0.717) is 17.4 Å². The predicted molar refractivity (Wildman–Crippen MR) is 53.0 cm³/mol. The standard InChI is InChI=1S/C10H12N2O2/c1-12(2)11-10(14)9-6-4-3-5-8(9)7-13/h3-7H,1-2H3,(H,11,14). The number of carbonyl (C=O) groups is 2. The lowest BCUT2D eigenvalue weighted by molar-refractivity contribution is 0.0853. The number of carbonyl (C=O) groups excluding carboxylic acids is 2. The highest BCUT2D eigenvalue weighted by Crippen LogP contribution is 2.05. The highest BCUT2D eigenvalue weighted by Gasteiger charge is 2.09. The summed E-state index contributed by atoms with van der Waals surface area (Å²) < 4.78 is 0. The fourth-order valence-electron chi connectivity index (χ4n) is 1.07. The second kappa shape index (κ2) is 4.53. The lowest BCUT2D eigenvalue weighted by Gasteiger charge is -2.12. The van der Waals surface area contributed by atoms with Crippen LogP contribution >= 0.6 is 0 Å². The van der Waals surface area contributed by atoms with Crippen molar-refractivity contribution in [3.05, 3.63) is 35.4 Å². The zero-order valence-electron chi connectivity index (χ0n) is 8.15. The van der Waals surface area contributed by atoms with E-state index in [2.05, 4.69) is 5.43 Å². The van der Waals surface area contributed by atoms with Gasteiger partial charge in [0.1, 0.15) is 0 Å². The van der Waals surface area contributed by atoms with E-state index < -0.39 is 0 Å². The smallest absolute Gasteiger partial charge is 0.266 e. The molecule has 4 nitrogen and oxygen atoms in total. The lowest BCUT2D eigenvalue weighted by atomic mass is 10.1.